The zero-order chi connectivity index (χ0) is 18.0. The number of aryl methyl sites for hydroxylation is 1. The smallest absolute Gasteiger partial charge is 0.407 e. The Kier molecular flexibility index (Phi) is 5.25. The maximum Gasteiger partial charge on any atom is 0.407 e. The van der Waals surface area contributed by atoms with Crippen LogP contribution in [0.3, 0.4) is 0 Å². The van der Waals surface area contributed by atoms with Crippen LogP contribution in [0.25, 0.3) is 0 Å². The summed E-state index contributed by atoms with van der Waals surface area (Å²) < 4.78 is 18.3. The predicted octanol–water partition coefficient (Wildman–Crippen LogP) is 2.97. The number of carbonyl (C=O) groups is 2. The Hall–Kier alpha value is -2.11. The van der Waals surface area contributed by atoms with Crippen LogP contribution in [0.5, 0.6) is 0 Å². The van der Waals surface area contributed by atoms with Crippen LogP contribution < -0.4 is 5.32 Å². The molecule has 6 heteroatoms. The van der Waals surface area contributed by atoms with Gasteiger partial charge in [0.15, 0.2) is 0 Å². The lowest BCUT2D eigenvalue weighted by atomic mass is 9.78. The fraction of sp³-hybridized carbons (Fsp3) is 0.579. The number of halogens is 1. The van der Waals surface area contributed by atoms with Crippen LogP contribution in [0.2, 0.25) is 0 Å². The first-order chi connectivity index (χ1) is 12.0. The van der Waals surface area contributed by atoms with Crippen LogP contribution >= 0.6 is 0 Å². The largest absolute Gasteiger partial charge is 0.453 e. The number of alkyl carbamates (subject to hydrolysis) is 1. The summed E-state index contributed by atoms with van der Waals surface area (Å²) in [7, 11) is 1.33. The Balaban J connectivity index is 1.47. The Morgan fingerprint density at radius 1 is 1.24 bits per heavy atom. The molecule has 1 aliphatic heterocycles. The predicted molar refractivity (Wildman–Crippen MR) is 91.7 cm³/mol. The summed E-state index contributed by atoms with van der Waals surface area (Å²) in [6, 6.07) is 5.49. The summed E-state index contributed by atoms with van der Waals surface area (Å²) in [6.45, 7) is 3.19. The van der Waals surface area contributed by atoms with Crippen molar-refractivity contribution in [3.8, 4) is 0 Å². The summed E-state index contributed by atoms with van der Waals surface area (Å²) in [5.74, 6) is 0.330. The van der Waals surface area contributed by atoms with E-state index >= 15 is 0 Å². The number of piperidine rings is 1. The number of hydrogen-bond donors (Lipinski definition) is 1. The number of nitrogens with zero attached hydrogens (tertiary/aromatic N) is 1. The van der Waals surface area contributed by atoms with Crippen molar-refractivity contribution in [3.63, 3.8) is 0 Å². The van der Waals surface area contributed by atoms with E-state index in [0.29, 0.717) is 37.4 Å². The lowest BCUT2D eigenvalue weighted by Gasteiger charge is -2.40. The molecule has 2 fully saturated rings. The normalized spacial score (nSPS) is 23.7. The van der Waals surface area contributed by atoms with E-state index in [0.717, 1.165) is 18.4 Å². The Bertz CT molecular complexity index is 650. The van der Waals surface area contributed by atoms with Crippen molar-refractivity contribution in [2.75, 3.05) is 20.2 Å². The van der Waals surface area contributed by atoms with Crippen molar-refractivity contribution >= 4 is 12.0 Å². The van der Waals surface area contributed by atoms with Gasteiger partial charge in [-0.15, -0.1) is 0 Å². The molecule has 1 saturated heterocycles. The van der Waals surface area contributed by atoms with Gasteiger partial charge in [0.05, 0.1) is 7.11 Å². The fourth-order valence-electron chi connectivity index (χ4n) is 3.72. The highest BCUT2D eigenvalue weighted by molar-refractivity contribution is 5.80. The highest BCUT2D eigenvalue weighted by atomic mass is 19.1. The van der Waals surface area contributed by atoms with E-state index in [1.165, 1.54) is 7.11 Å². The van der Waals surface area contributed by atoms with Gasteiger partial charge in [0.2, 0.25) is 5.91 Å². The van der Waals surface area contributed by atoms with Crippen molar-refractivity contribution in [2.45, 2.75) is 44.6 Å². The van der Waals surface area contributed by atoms with E-state index in [-0.39, 0.29) is 23.7 Å². The van der Waals surface area contributed by atoms with E-state index in [4.69, 9.17) is 0 Å². The molecular weight excluding hydrogens is 323 g/mol. The number of amides is 2. The Morgan fingerprint density at radius 3 is 2.52 bits per heavy atom. The molecule has 1 aromatic rings. The molecule has 0 atom stereocenters. The standard InChI is InChI=1S/C19H25FN2O3/c1-12-3-4-14(11-17(12)20)13-5-7-22(8-6-13)18(23)15-9-16(10-15)21-19(24)25-2/h3-4,11,13,15-16H,5-10H2,1-2H3,(H,21,24). The number of nitrogens with one attached hydrogen (secondary N) is 1. The van der Waals surface area contributed by atoms with Gasteiger partial charge in [-0.2, -0.15) is 0 Å². The van der Waals surface area contributed by atoms with Gasteiger partial charge in [0.25, 0.3) is 0 Å². The number of benzene rings is 1. The molecule has 1 aromatic carbocycles. The van der Waals surface area contributed by atoms with Crippen LogP contribution in [0.4, 0.5) is 9.18 Å². The second kappa shape index (κ2) is 7.42. The second-order valence-electron chi connectivity index (χ2n) is 7.11. The average Bonchev–Trinajstić information content (AvgIpc) is 2.59. The molecule has 2 amide bonds. The van der Waals surface area contributed by atoms with Crippen molar-refractivity contribution in [2.24, 2.45) is 5.92 Å². The number of carbonyl (C=O) groups excluding carboxylic acids is 2. The first-order valence-electron chi connectivity index (χ1n) is 8.87. The zero-order valence-electron chi connectivity index (χ0n) is 14.8. The van der Waals surface area contributed by atoms with Gasteiger partial charge >= 0.3 is 6.09 Å². The van der Waals surface area contributed by atoms with Gasteiger partial charge in [-0.05, 0) is 55.7 Å². The summed E-state index contributed by atoms with van der Waals surface area (Å²) in [5, 5.41) is 2.72. The van der Waals surface area contributed by atoms with Crippen molar-refractivity contribution in [1.82, 2.24) is 10.2 Å². The van der Waals surface area contributed by atoms with Crippen molar-refractivity contribution in [3.05, 3.63) is 35.1 Å². The molecule has 0 bridgehead atoms. The van der Waals surface area contributed by atoms with Gasteiger partial charge in [-0.25, -0.2) is 9.18 Å². The topological polar surface area (TPSA) is 58.6 Å². The number of likely N-dealkylation sites (tertiary alicyclic amines) is 1. The van der Waals surface area contributed by atoms with Gasteiger partial charge in [-0.3, -0.25) is 4.79 Å². The third kappa shape index (κ3) is 3.94. The quantitative estimate of drug-likeness (QED) is 0.914. The van der Waals surface area contributed by atoms with Crippen LogP contribution in [0, 0.1) is 18.7 Å². The van der Waals surface area contributed by atoms with E-state index in [1.807, 2.05) is 17.0 Å². The first-order valence-corrected chi connectivity index (χ1v) is 8.87. The fourth-order valence-corrected chi connectivity index (χ4v) is 3.72. The van der Waals surface area contributed by atoms with E-state index in [1.54, 1.807) is 13.0 Å². The van der Waals surface area contributed by atoms with Gasteiger partial charge in [0, 0.05) is 25.0 Å². The van der Waals surface area contributed by atoms with Gasteiger partial charge in [0.1, 0.15) is 5.82 Å². The van der Waals surface area contributed by atoms with E-state index < -0.39 is 6.09 Å². The number of methoxy groups -OCH3 is 1. The molecule has 0 aromatic heterocycles. The molecule has 5 nitrogen and oxygen atoms in total. The lowest BCUT2D eigenvalue weighted by molar-refractivity contribution is -0.140. The molecule has 0 spiro atoms. The third-order valence-electron chi connectivity index (χ3n) is 5.47. The van der Waals surface area contributed by atoms with E-state index in [2.05, 4.69) is 10.1 Å². The van der Waals surface area contributed by atoms with E-state index in [9.17, 15) is 14.0 Å². The molecule has 136 valence electrons. The minimum absolute atomic E-state index is 0.00414. The molecule has 0 radical (unpaired) electrons. The molecule has 3 rings (SSSR count). The molecule has 1 saturated carbocycles. The number of ether oxygens (including phenoxy) is 1. The highest BCUT2D eigenvalue weighted by Gasteiger charge is 2.38. The highest BCUT2D eigenvalue weighted by Crippen LogP contribution is 2.33. The number of rotatable bonds is 3. The summed E-state index contributed by atoms with van der Waals surface area (Å²) in [6.07, 6.45) is 2.64. The third-order valence-corrected chi connectivity index (χ3v) is 5.47. The first kappa shape index (κ1) is 17.7. The van der Waals surface area contributed by atoms with Crippen LogP contribution in [-0.4, -0.2) is 43.1 Å². The molecule has 1 aliphatic carbocycles. The summed E-state index contributed by atoms with van der Waals surface area (Å²) >= 11 is 0. The molecule has 2 aliphatic rings. The van der Waals surface area contributed by atoms with Crippen LogP contribution in [0.15, 0.2) is 18.2 Å². The lowest BCUT2D eigenvalue weighted by Crippen LogP contribution is -2.51. The average molecular weight is 348 g/mol. The zero-order valence-corrected chi connectivity index (χ0v) is 14.8. The molecule has 25 heavy (non-hydrogen) atoms. The van der Waals surface area contributed by atoms with Crippen LogP contribution in [-0.2, 0) is 9.53 Å². The molecule has 1 N–H and O–H groups in total. The van der Waals surface area contributed by atoms with Gasteiger partial charge in [-0.1, -0.05) is 12.1 Å². The minimum Gasteiger partial charge on any atom is -0.453 e. The molecular formula is C19H25FN2O3. The second-order valence-corrected chi connectivity index (χ2v) is 7.11. The maximum absolute atomic E-state index is 13.7. The van der Waals surface area contributed by atoms with Crippen molar-refractivity contribution < 1.29 is 18.7 Å². The summed E-state index contributed by atoms with van der Waals surface area (Å²) in [4.78, 5) is 25.6. The molecule has 0 unspecified atom stereocenters. The summed E-state index contributed by atoms with van der Waals surface area (Å²) in [5.41, 5.74) is 1.69. The SMILES string of the molecule is COC(=O)NC1CC(C(=O)N2CCC(c3ccc(C)c(F)c3)CC2)C1. The monoisotopic (exact) mass is 348 g/mol. The van der Waals surface area contributed by atoms with Crippen molar-refractivity contribution in [1.29, 1.82) is 0 Å². The molecule has 1 heterocycles. The maximum atomic E-state index is 13.7. The number of hydrogen-bond acceptors (Lipinski definition) is 3. The van der Waals surface area contributed by atoms with Gasteiger partial charge < -0.3 is 15.0 Å². The Morgan fingerprint density at radius 2 is 1.92 bits per heavy atom. The minimum atomic E-state index is -0.443. The van der Waals surface area contributed by atoms with Crippen LogP contribution in [0.1, 0.15) is 42.7 Å². The Labute approximate surface area is 147 Å².